The Bertz CT molecular complexity index is 352. The average Bonchev–Trinajstić information content (AvgIpc) is 2.40. The van der Waals surface area contributed by atoms with E-state index in [9.17, 15) is 9.59 Å². The SMILES string of the molecule is COC(=O)c1sc(C)c(C=O)c1C. The van der Waals surface area contributed by atoms with Gasteiger partial charge in [-0.1, -0.05) is 0 Å². The van der Waals surface area contributed by atoms with Crippen molar-refractivity contribution in [1.29, 1.82) is 0 Å². The van der Waals surface area contributed by atoms with Crippen LogP contribution in [0.4, 0.5) is 0 Å². The van der Waals surface area contributed by atoms with Crippen molar-refractivity contribution in [2.45, 2.75) is 13.8 Å². The lowest BCUT2D eigenvalue weighted by Gasteiger charge is -1.95. The second-order valence-corrected chi connectivity index (χ2v) is 3.86. The Labute approximate surface area is 80.3 Å². The van der Waals surface area contributed by atoms with E-state index in [-0.39, 0.29) is 5.97 Å². The number of carbonyl (C=O) groups excluding carboxylic acids is 2. The Morgan fingerprint density at radius 2 is 2.08 bits per heavy atom. The maximum absolute atomic E-state index is 11.2. The van der Waals surface area contributed by atoms with Crippen LogP contribution in [0.25, 0.3) is 0 Å². The summed E-state index contributed by atoms with van der Waals surface area (Å²) >= 11 is 1.29. The topological polar surface area (TPSA) is 43.4 Å². The van der Waals surface area contributed by atoms with Gasteiger partial charge in [0, 0.05) is 10.4 Å². The first-order valence-electron chi connectivity index (χ1n) is 3.75. The van der Waals surface area contributed by atoms with Crippen LogP contribution in [0, 0.1) is 13.8 Å². The highest BCUT2D eigenvalue weighted by molar-refractivity contribution is 7.14. The lowest BCUT2D eigenvalue weighted by atomic mass is 10.1. The Balaban J connectivity index is 3.25. The molecule has 0 aliphatic carbocycles. The average molecular weight is 198 g/mol. The largest absolute Gasteiger partial charge is 0.465 e. The van der Waals surface area contributed by atoms with Crippen LogP contribution in [-0.2, 0) is 4.74 Å². The molecule has 0 amide bonds. The molecule has 0 aromatic carbocycles. The van der Waals surface area contributed by atoms with E-state index in [4.69, 9.17) is 0 Å². The van der Waals surface area contributed by atoms with Gasteiger partial charge in [-0.15, -0.1) is 11.3 Å². The summed E-state index contributed by atoms with van der Waals surface area (Å²) < 4.78 is 4.59. The first-order valence-corrected chi connectivity index (χ1v) is 4.57. The molecular weight excluding hydrogens is 188 g/mol. The fourth-order valence-corrected chi connectivity index (χ4v) is 2.18. The van der Waals surface area contributed by atoms with Crippen molar-refractivity contribution >= 4 is 23.6 Å². The van der Waals surface area contributed by atoms with E-state index in [0.29, 0.717) is 16.0 Å². The predicted molar refractivity (Wildman–Crippen MR) is 50.5 cm³/mol. The third kappa shape index (κ3) is 1.62. The number of aryl methyl sites for hydroxylation is 1. The number of ether oxygens (including phenoxy) is 1. The van der Waals surface area contributed by atoms with Crippen LogP contribution in [0.3, 0.4) is 0 Å². The molecule has 1 heterocycles. The Kier molecular flexibility index (Phi) is 2.83. The molecule has 0 N–H and O–H groups in total. The van der Waals surface area contributed by atoms with Crippen molar-refractivity contribution in [1.82, 2.24) is 0 Å². The van der Waals surface area contributed by atoms with E-state index in [1.54, 1.807) is 6.92 Å². The number of hydrogen-bond acceptors (Lipinski definition) is 4. The minimum Gasteiger partial charge on any atom is -0.465 e. The fraction of sp³-hybridized carbons (Fsp3) is 0.333. The molecule has 3 nitrogen and oxygen atoms in total. The van der Waals surface area contributed by atoms with E-state index in [0.717, 1.165) is 11.2 Å². The minimum absolute atomic E-state index is 0.376. The third-order valence-corrected chi connectivity index (χ3v) is 3.07. The highest BCUT2D eigenvalue weighted by Gasteiger charge is 2.17. The van der Waals surface area contributed by atoms with Gasteiger partial charge in [-0.05, 0) is 19.4 Å². The van der Waals surface area contributed by atoms with E-state index in [1.807, 2.05) is 6.92 Å². The molecule has 0 radical (unpaired) electrons. The summed E-state index contributed by atoms with van der Waals surface area (Å²) in [6, 6.07) is 0. The van der Waals surface area contributed by atoms with Crippen molar-refractivity contribution in [2.75, 3.05) is 7.11 Å². The van der Waals surface area contributed by atoms with Gasteiger partial charge in [-0.25, -0.2) is 4.79 Å². The molecule has 0 aliphatic rings. The van der Waals surface area contributed by atoms with Crippen molar-refractivity contribution in [2.24, 2.45) is 0 Å². The zero-order chi connectivity index (χ0) is 10.0. The third-order valence-electron chi connectivity index (χ3n) is 1.87. The summed E-state index contributed by atoms with van der Waals surface area (Å²) in [5.41, 5.74) is 1.31. The highest BCUT2D eigenvalue weighted by Crippen LogP contribution is 2.26. The predicted octanol–water partition coefficient (Wildman–Crippen LogP) is 1.96. The van der Waals surface area contributed by atoms with Gasteiger partial charge >= 0.3 is 5.97 Å². The zero-order valence-electron chi connectivity index (χ0n) is 7.71. The maximum atomic E-state index is 11.2. The van der Waals surface area contributed by atoms with Crippen molar-refractivity contribution in [3.63, 3.8) is 0 Å². The smallest absolute Gasteiger partial charge is 0.348 e. The number of rotatable bonds is 2. The molecule has 0 unspecified atom stereocenters. The first kappa shape index (κ1) is 9.92. The molecule has 0 saturated carbocycles. The maximum Gasteiger partial charge on any atom is 0.348 e. The van der Waals surface area contributed by atoms with Crippen molar-refractivity contribution < 1.29 is 14.3 Å². The monoisotopic (exact) mass is 198 g/mol. The molecule has 4 heteroatoms. The van der Waals surface area contributed by atoms with E-state index in [1.165, 1.54) is 18.4 Å². The number of carbonyl (C=O) groups is 2. The van der Waals surface area contributed by atoms with Crippen LogP contribution >= 0.6 is 11.3 Å². The Morgan fingerprint density at radius 3 is 2.46 bits per heavy atom. The second-order valence-electron chi connectivity index (χ2n) is 2.64. The summed E-state index contributed by atoms with van der Waals surface area (Å²) in [5, 5.41) is 0. The van der Waals surface area contributed by atoms with Gasteiger partial charge in [-0.2, -0.15) is 0 Å². The van der Waals surface area contributed by atoms with E-state index < -0.39 is 0 Å². The molecule has 0 saturated heterocycles. The van der Waals surface area contributed by atoms with Gasteiger partial charge in [0.05, 0.1) is 7.11 Å². The van der Waals surface area contributed by atoms with Gasteiger partial charge in [-0.3, -0.25) is 4.79 Å². The van der Waals surface area contributed by atoms with Crippen LogP contribution in [0.2, 0.25) is 0 Å². The molecule has 0 atom stereocenters. The quantitative estimate of drug-likeness (QED) is 0.539. The second kappa shape index (κ2) is 3.70. The number of aldehydes is 1. The molecule has 70 valence electrons. The van der Waals surface area contributed by atoms with Crippen LogP contribution in [0.5, 0.6) is 0 Å². The number of hydrogen-bond donors (Lipinski definition) is 0. The number of thiophene rings is 1. The normalized spacial score (nSPS) is 9.77. The van der Waals surface area contributed by atoms with Crippen molar-refractivity contribution in [3.05, 3.63) is 20.9 Å². The first-order chi connectivity index (χ1) is 6.11. The molecule has 1 rings (SSSR count). The lowest BCUT2D eigenvalue weighted by molar-refractivity contribution is 0.0605. The molecule has 0 fully saturated rings. The summed E-state index contributed by atoms with van der Waals surface area (Å²) in [6.07, 6.45) is 0.771. The van der Waals surface area contributed by atoms with Gasteiger partial charge in [0.15, 0.2) is 6.29 Å². The molecular formula is C9H10O3S. The van der Waals surface area contributed by atoms with Crippen molar-refractivity contribution in [3.8, 4) is 0 Å². The van der Waals surface area contributed by atoms with Gasteiger partial charge in [0.2, 0.25) is 0 Å². The number of esters is 1. The molecule has 0 spiro atoms. The molecule has 13 heavy (non-hydrogen) atoms. The molecule has 0 bridgehead atoms. The van der Waals surface area contributed by atoms with Crippen LogP contribution in [-0.4, -0.2) is 19.4 Å². The van der Waals surface area contributed by atoms with Gasteiger partial charge in [0.25, 0.3) is 0 Å². The zero-order valence-corrected chi connectivity index (χ0v) is 8.53. The highest BCUT2D eigenvalue weighted by atomic mass is 32.1. The molecule has 1 aromatic rings. The summed E-state index contributed by atoms with van der Waals surface area (Å²) in [5.74, 6) is -0.376. The van der Waals surface area contributed by atoms with Crippen LogP contribution in [0.15, 0.2) is 0 Å². The summed E-state index contributed by atoms with van der Waals surface area (Å²) in [4.78, 5) is 23.2. The standard InChI is InChI=1S/C9H10O3S/c1-5-7(4-10)6(2)13-8(5)9(11)12-3/h4H,1-3H3. The van der Waals surface area contributed by atoms with Gasteiger partial charge in [0.1, 0.15) is 4.88 Å². The van der Waals surface area contributed by atoms with Crippen LogP contribution in [0.1, 0.15) is 30.5 Å². The van der Waals surface area contributed by atoms with Crippen LogP contribution < -0.4 is 0 Å². The van der Waals surface area contributed by atoms with Gasteiger partial charge < -0.3 is 4.74 Å². The Hall–Kier alpha value is -1.16. The number of methoxy groups -OCH3 is 1. The Morgan fingerprint density at radius 1 is 1.46 bits per heavy atom. The molecule has 1 aromatic heterocycles. The van der Waals surface area contributed by atoms with E-state index >= 15 is 0 Å². The van der Waals surface area contributed by atoms with E-state index in [2.05, 4.69) is 4.74 Å². The summed E-state index contributed by atoms with van der Waals surface area (Å²) in [6.45, 7) is 3.56. The fourth-order valence-electron chi connectivity index (χ4n) is 1.13. The minimum atomic E-state index is -0.376. The lowest BCUT2D eigenvalue weighted by Crippen LogP contribution is -2.00. The molecule has 0 aliphatic heterocycles. The summed E-state index contributed by atoms with van der Waals surface area (Å²) in [7, 11) is 1.33.